The van der Waals surface area contributed by atoms with Crippen molar-refractivity contribution in [1.29, 1.82) is 0 Å². The summed E-state index contributed by atoms with van der Waals surface area (Å²) >= 11 is 0. The zero-order valence-corrected chi connectivity index (χ0v) is 13.2. The number of carbonyl (C=O) groups is 1. The van der Waals surface area contributed by atoms with Gasteiger partial charge in [0.2, 0.25) is 0 Å². The summed E-state index contributed by atoms with van der Waals surface area (Å²) in [5.74, 6) is -1.59. The Labute approximate surface area is 140 Å². The van der Waals surface area contributed by atoms with E-state index in [1.807, 2.05) is 0 Å². The van der Waals surface area contributed by atoms with E-state index in [-0.39, 0.29) is 11.7 Å². The Kier molecular flexibility index (Phi) is 4.46. The number of aromatic nitrogens is 3. The Morgan fingerprint density at radius 2 is 2.16 bits per heavy atom. The van der Waals surface area contributed by atoms with Crippen LogP contribution in [0.2, 0.25) is 0 Å². The van der Waals surface area contributed by atoms with Gasteiger partial charge in [-0.05, 0) is 31.2 Å². The third-order valence-electron chi connectivity index (χ3n) is 4.10. The van der Waals surface area contributed by atoms with E-state index in [4.69, 9.17) is 0 Å². The molecule has 0 bridgehead atoms. The molecule has 1 saturated heterocycles. The topological polar surface area (TPSA) is 63.1 Å². The lowest BCUT2D eigenvalue weighted by molar-refractivity contribution is -0.143. The van der Waals surface area contributed by atoms with E-state index in [0.717, 1.165) is 12.1 Å². The Balaban J connectivity index is 2.04. The first-order valence-electron chi connectivity index (χ1n) is 7.55. The minimum atomic E-state index is -4.88. The maximum absolute atomic E-state index is 13.6. The highest BCUT2D eigenvalue weighted by molar-refractivity contribution is 5.93. The summed E-state index contributed by atoms with van der Waals surface area (Å²) in [5.41, 5.74) is -2.28. The second kappa shape index (κ2) is 6.43. The van der Waals surface area contributed by atoms with Crippen LogP contribution < -0.4 is 5.32 Å². The predicted molar refractivity (Wildman–Crippen MR) is 79.7 cm³/mol. The summed E-state index contributed by atoms with van der Waals surface area (Å²) in [6.07, 6.45) is -4.24. The van der Waals surface area contributed by atoms with E-state index in [1.54, 1.807) is 0 Å². The fourth-order valence-corrected chi connectivity index (χ4v) is 2.77. The zero-order chi connectivity index (χ0) is 18.2. The maximum atomic E-state index is 13.6. The van der Waals surface area contributed by atoms with E-state index in [1.165, 1.54) is 24.1 Å². The molecule has 0 aliphatic carbocycles. The van der Waals surface area contributed by atoms with Crippen LogP contribution in [0.25, 0.3) is 5.69 Å². The standard InChI is InChI=1S/C15H15F4N5O/c1-23(11-5-6-20-8-11)14(25)12-13(15(17,18)19)24(22-21-12)10-4-2-3-9(16)7-10/h2-4,7,11,20H,5-6,8H2,1H3/t11-/m0/s1. The SMILES string of the molecule is CN(C(=O)c1nnn(-c2cccc(F)c2)c1C(F)(F)F)[C@H]1CCNC1. The molecule has 0 spiro atoms. The van der Waals surface area contributed by atoms with Gasteiger partial charge in [-0.25, -0.2) is 9.07 Å². The van der Waals surface area contributed by atoms with Gasteiger partial charge in [0, 0.05) is 19.6 Å². The van der Waals surface area contributed by atoms with Gasteiger partial charge in [0.1, 0.15) is 5.82 Å². The van der Waals surface area contributed by atoms with Crippen LogP contribution >= 0.6 is 0 Å². The molecule has 0 saturated carbocycles. The molecule has 1 aromatic carbocycles. The van der Waals surface area contributed by atoms with Crippen molar-refractivity contribution < 1.29 is 22.4 Å². The molecule has 1 N–H and O–H groups in total. The number of likely N-dealkylation sites (N-methyl/N-ethyl adjacent to an activating group) is 1. The molecule has 0 radical (unpaired) electrons. The van der Waals surface area contributed by atoms with Crippen LogP contribution in [0.3, 0.4) is 0 Å². The number of rotatable bonds is 3. The highest BCUT2D eigenvalue weighted by atomic mass is 19.4. The van der Waals surface area contributed by atoms with Crippen molar-refractivity contribution in [2.45, 2.75) is 18.6 Å². The lowest BCUT2D eigenvalue weighted by Gasteiger charge is -2.23. The number of halogens is 4. The van der Waals surface area contributed by atoms with Gasteiger partial charge in [-0.15, -0.1) is 5.10 Å². The van der Waals surface area contributed by atoms with E-state index >= 15 is 0 Å². The highest BCUT2D eigenvalue weighted by Gasteiger charge is 2.43. The van der Waals surface area contributed by atoms with Gasteiger partial charge < -0.3 is 10.2 Å². The average Bonchev–Trinajstić information content (AvgIpc) is 3.22. The molecule has 2 aromatic rings. The molecule has 6 nitrogen and oxygen atoms in total. The first kappa shape index (κ1) is 17.3. The minimum Gasteiger partial charge on any atom is -0.336 e. The Bertz CT molecular complexity index is 782. The first-order valence-corrected chi connectivity index (χ1v) is 7.55. The number of benzene rings is 1. The fraction of sp³-hybridized carbons (Fsp3) is 0.400. The normalized spacial score (nSPS) is 17.7. The fourth-order valence-electron chi connectivity index (χ4n) is 2.77. The van der Waals surface area contributed by atoms with Gasteiger partial charge in [-0.2, -0.15) is 13.2 Å². The van der Waals surface area contributed by atoms with Crippen molar-refractivity contribution in [1.82, 2.24) is 25.2 Å². The van der Waals surface area contributed by atoms with E-state index in [9.17, 15) is 22.4 Å². The number of amides is 1. The zero-order valence-electron chi connectivity index (χ0n) is 13.2. The van der Waals surface area contributed by atoms with Crippen molar-refractivity contribution in [2.75, 3.05) is 20.1 Å². The summed E-state index contributed by atoms with van der Waals surface area (Å²) in [6, 6.07) is 4.28. The van der Waals surface area contributed by atoms with E-state index in [0.29, 0.717) is 24.2 Å². The van der Waals surface area contributed by atoms with Gasteiger partial charge in [0.15, 0.2) is 11.4 Å². The summed E-state index contributed by atoms with van der Waals surface area (Å²) < 4.78 is 54.5. The van der Waals surface area contributed by atoms with Crippen molar-refractivity contribution in [3.05, 3.63) is 41.5 Å². The molecule has 2 heterocycles. The lowest BCUT2D eigenvalue weighted by atomic mass is 10.2. The molecule has 1 aromatic heterocycles. The quantitative estimate of drug-likeness (QED) is 0.852. The van der Waals surface area contributed by atoms with Crippen molar-refractivity contribution in [3.8, 4) is 5.69 Å². The van der Waals surface area contributed by atoms with Gasteiger partial charge in [0.05, 0.1) is 5.69 Å². The third kappa shape index (κ3) is 3.34. The van der Waals surface area contributed by atoms with Gasteiger partial charge >= 0.3 is 6.18 Å². The average molecular weight is 357 g/mol. The Morgan fingerprint density at radius 3 is 2.76 bits per heavy atom. The largest absolute Gasteiger partial charge is 0.435 e. The third-order valence-corrected chi connectivity index (χ3v) is 4.10. The highest BCUT2D eigenvalue weighted by Crippen LogP contribution is 2.33. The Morgan fingerprint density at radius 1 is 1.40 bits per heavy atom. The van der Waals surface area contributed by atoms with Gasteiger partial charge in [-0.1, -0.05) is 11.3 Å². The molecule has 1 fully saturated rings. The number of nitrogens with one attached hydrogen (secondary N) is 1. The smallest absolute Gasteiger partial charge is 0.336 e. The van der Waals surface area contributed by atoms with Crippen LogP contribution in [-0.2, 0) is 6.18 Å². The maximum Gasteiger partial charge on any atom is 0.435 e. The lowest BCUT2D eigenvalue weighted by Crippen LogP contribution is -2.39. The van der Waals surface area contributed by atoms with Gasteiger partial charge in [-0.3, -0.25) is 4.79 Å². The number of carbonyl (C=O) groups excluding carboxylic acids is 1. The molecule has 1 aliphatic heterocycles. The summed E-state index contributed by atoms with van der Waals surface area (Å²) in [7, 11) is 1.43. The van der Waals surface area contributed by atoms with E-state index in [2.05, 4.69) is 15.6 Å². The summed E-state index contributed by atoms with van der Waals surface area (Å²) in [4.78, 5) is 13.8. The molecule has 134 valence electrons. The molecular formula is C15H15F4N5O. The van der Waals surface area contributed by atoms with Crippen LogP contribution in [-0.4, -0.2) is 52.0 Å². The van der Waals surface area contributed by atoms with Crippen molar-refractivity contribution >= 4 is 5.91 Å². The number of hydrogen-bond donors (Lipinski definition) is 1. The van der Waals surface area contributed by atoms with Crippen LogP contribution in [0, 0.1) is 5.82 Å². The molecule has 1 amide bonds. The van der Waals surface area contributed by atoms with Crippen LogP contribution in [0.15, 0.2) is 24.3 Å². The van der Waals surface area contributed by atoms with Gasteiger partial charge in [0.25, 0.3) is 5.91 Å². The molecule has 25 heavy (non-hydrogen) atoms. The molecule has 10 heteroatoms. The molecule has 3 rings (SSSR count). The number of alkyl halides is 3. The predicted octanol–water partition coefficient (Wildman–Crippen LogP) is 1.86. The summed E-state index contributed by atoms with van der Waals surface area (Å²) in [6.45, 7) is 1.19. The number of hydrogen-bond acceptors (Lipinski definition) is 4. The second-order valence-electron chi connectivity index (χ2n) is 5.74. The van der Waals surface area contributed by atoms with Crippen LogP contribution in [0.5, 0.6) is 0 Å². The monoisotopic (exact) mass is 357 g/mol. The number of nitrogens with zero attached hydrogens (tertiary/aromatic N) is 4. The summed E-state index contributed by atoms with van der Waals surface area (Å²) in [5, 5.41) is 9.92. The van der Waals surface area contributed by atoms with Crippen molar-refractivity contribution in [3.63, 3.8) is 0 Å². The molecule has 1 atom stereocenters. The van der Waals surface area contributed by atoms with Crippen molar-refractivity contribution in [2.24, 2.45) is 0 Å². The van der Waals surface area contributed by atoms with E-state index < -0.39 is 29.3 Å². The first-order chi connectivity index (χ1) is 11.8. The molecule has 0 unspecified atom stereocenters. The molecule has 1 aliphatic rings. The second-order valence-corrected chi connectivity index (χ2v) is 5.74. The van der Waals surface area contributed by atoms with Crippen LogP contribution in [0.1, 0.15) is 22.6 Å². The van der Waals surface area contributed by atoms with Crippen LogP contribution in [0.4, 0.5) is 17.6 Å². The Hall–Kier alpha value is -2.49. The molecular weight excluding hydrogens is 342 g/mol. The minimum absolute atomic E-state index is 0.163.